The van der Waals surface area contributed by atoms with Gasteiger partial charge in [0.15, 0.2) is 0 Å². The first-order valence-corrected chi connectivity index (χ1v) is 7.89. The van der Waals surface area contributed by atoms with Gasteiger partial charge in [-0.25, -0.2) is 0 Å². The van der Waals surface area contributed by atoms with Crippen molar-refractivity contribution < 1.29 is 5.11 Å². The van der Waals surface area contributed by atoms with Crippen LogP contribution in [-0.2, 0) is 6.42 Å². The van der Waals surface area contributed by atoms with Gasteiger partial charge in [0.05, 0.1) is 0 Å². The summed E-state index contributed by atoms with van der Waals surface area (Å²) in [6.07, 6.45) is 6.68. The molecule has 1 aliphatic rings. The first kappa shape index (κ1) is 13.8. The average Bonchev–Trinajstić information content (AvgIpc) is 2.90. The summed E-state index contributed by atoms with van der Waals surface area (Å²) in [5.74, 6) is 1.53. The number of rotatable bonds is 6. The minimum Gasteiger partial charge on any atom is -0.508 e. The van der Waals surface area contributed by atoms with Crippen LogP contribution in [0.2, 0.25) is 0 Å². The molecule has 0 heterocycles. The van der Waals surface area contributed by atoms with E-state index in [0.717, 1.165) is 11.7 Å². The van der Waals surface area contributed by atoms with Crippen LogP contribution in [0, 0.1) is 0 Å². The number of hydrogen-bond acceptors (Lipinski definition) is 3. The SMILES string of the molecule is CNC(CSC1CCCC1)Cc1ccc(O)cc1. The second kappa shape index (κ2) is 7.05. The van der Waals surface area contributed by atoms with Crippen LogP contribution in [0.3, 0.4) is 0 Å². The molecule has 1 unspecified atom stereocenters. The van der Waals surface area contributed by atoms with Gasteiger partial charge in [0.1, 0.15) is 5.75 Å². The van der Waals surface area contributed by atoms with E-state index in [9.17, 15) is 5.11 Å². The molecule has 1 saturated carbocycles. The maximum atomic E-state index is 9.28. The second-order valence-electron chi connectivity index (χ2n) is 5.10. The van der Waals surface area contributed by atoms with Crippen LogP contribution in [0.25, 0.3) is 0 Å². The number of aromatic hydroxyl groups is 1. The lowest BCUT2D eigenvalue weighted by molar-refractivity contribution is 0.475. The monoisotopic (exact) mass is 265 g/mol. The average molecular weight is 265 g/mol. The van der Waals surface area contributed by atoms with Gasteiger partial charge in [0, 0.05) is 17.0 Å². The highest BCUT2D eigenvalue weighted by Gasteiger charge is 2.17. The third-order valence-electron chi connectivity index (χ3n) is 3.66. The Bertz CT molecular complexity index is 346. The van der Waals surface area contributed by atoms with Gasteiger partial charge in [0.25, 0.3) is 0 Å². The molecule has 2 nitrogen and oxygen atoms in total. The molecule has 0 amide bonds. The summed E-state index contributed by atoms with van der Waals surface area (Å²) in [5, 5.41) is 13.6. The minimum atomic E-state index is 0.347. The zero-order chi connectivity index (χ0) is 12.8. The highest BCUT2D eigenvalue weighted by Crippen LogP contribution is 2.30. The van der Waals surface area contributed by atoms with Crippen LogP contribution in [-0.4, -0.2) is 29.2 Å². The Morgan fingerprint density at radius 3 is 2.56 bits per heavy atom. The molecular weight excluding hydrogens is 242 g/mol. The molecule has 0 bridgehead atoms. The van der Waals surface area contributed by atoms with Gasteiger partial charge in [-0.3, -0.25) is 0 Å². The fourth-order valence-corrected chi connectivity index (χ4v) is 3.92. The van der Waals surface area contributed by atoms with E-state index in [1.165, 1.54) is 37.0 Å². The van der Waals surface area contributed by atoms with Crippen LogP contribution in [0.1, 0.15) is 31.2 Å². The van der Waals surface area contributed by atoms with E-state index in [-0.39, 0.29) is 0 Å². The molecule has 100 valence electrons. The number of thioether (sulfide) groups is 1. The third kappa shape index (κ3) is 4.21. The Balaban J connectivity index is 1.79. The van der Waals surface area contributed by atoms with Crippen molar-refractivity contribution >= 4 is 11.8 Å². The van der Waals surface area contributed by atoms with Gasteiger partial charge in [-0.15, -0.1) is 0 Å². The van der Waals surface area contributed by atoms with Crippen LogP contribution in [0.15, 0.2) is 24.3 Å². The van der Waals surface area contributed by atoms with Crippen LogP contribution < -0.4 is 5.32 Å². The Labute approximate surface area is 114 Å². The second-order valence-corrected chi connectivity index (χ2v) is 6.43. The molecule has 1 aromatic rings. The van der Waals surface area contributed by atoms with Gasteiger partial charge in [-0.05, 0) is 44.0 Å². The molecule has 1 aliphatic carbocycles. The highest BCUT2D eigenvalue weighted by molar-refractivity contribution is 7.99. The van der Waals surface area contributed by atoms with Crippen LogP contribution in [0.5, 0.6) is 5.75 Å². The fourth-order valence-electron chi connectivity index (χ4n) is 2.47. The molecule has 0 aliphatic heterocycles. The third-order valence-corrected chi connectivity index (χ3v) is 5.20. The standard InChI is InChI=1S/C15H23NOS/c1-16-13(11-18-15-4-2-3-5-15)10-12-6-8-14(17)9-7-12/h6-9,13,15-17H,2-5,10-11H2,1H3. The van der Waals surface area contributed by atoms with Crippen molar-refractivity contribution in [3.8, 4) is 5.75 Å². The van der Waals surface area contributed by atoms with Gasteiger partial charge in [0.2, 0.25) is 0 Å². The largest absolute Gasteiger partial charge is 0.508 e. The van der Waals surface area contributed by atoms with E-state index in [2.05, 4.69) is 17.1 Å². The molecule has 0 radical (unpaired) electrons. The summed E-state index contributed by atoms with van der Waals surface area (Å²) in [6, 6.07) is 8.10. The number of hydrogen-bond donors (Lipinski definition) is 2. The molecule has 18 heavy (non-hydrogen) atoms. The molecule has 1 atom stereocenters. The normalized spacial score (nSPS) is 18.1. The number of nitrogens with one attached hydrogen (secondary N) is 1. The lowest BCUT2D eigenvalue weighted by Gasteiger charge is -2.18. The molecule has 1 fully saturated rings. The highest BCUT2D eigenvalue weighted by atomic mass is 32.2. The van der Waals surface area contributed by atoms with Gasteiger partial charge in [-0.1, -0.05) is 25.0 Å². The molecule has 2 rings (SSSR count). The minimum absolute atomic E-state index is 0.347. The zero-order valence-electron chi connectivity index (χ0n) is 11.1. The number of phenols is 1. The summed E-state index contributed by atoms with van der Waals surface area (Å²) in [5.41, 5.74) is 1.29. The van der Waals surface area contributed by atoms with Crippen molar-refractivity contribution in [2.45, 2.75) is 43.4 Å². The van der Waals surface area contributed by atoms with Crippen molar-refractivity contribution in [3.05, 3.63) is 29.8 Å². The quantitative estimate of drug-likeness (QED) is 0.828. The van der Waals surface area contributed by atoms with E-state index in [0.29, 0.717) is 11.8 Å². The molecule has 2 N–H and O–H groups in total. The van der Waals surface area contributed by atoms with Crippen molar-refractivity contribution in [1.82, 2.24) is 5.32 Å². The van der Waals surface area contributed by atoms with E-state index in [4.69, 9.17) is 0 Å². The number of likely N-dealkylation sites (N-methyl/N-ethyl adjacent to an activating group) is 1. The lowest BCUT2D eigenvalue weighted by Crippen LogP contribution is -2.30. The summed E-state index contributed by atoms with van der Waals surface area (Å²) in [7, 11) is 2.04. The first-order valence-electron chi connectivity index (χ1n) is 6.84. The van der Waals surface area contributed by atoms with Crippen molar-refractivity contribution in [2.75, 3.05) is 12.8 Å². The Morgan fingerprint density at radius 1 is 1.28 bits per heavy atom. The molecular formula is C15H23NOS. The summed E-state index contributed by atoms with van der Waals surface area (Å²) in [4.78, 5) is 0. The predicted octanol–water partition coefficient (Wildman–Crippen LogP) is 3.20. The van der Waals surface area contributed by atoms with Gasteiger partial charge in [-0.2, -0.15) is 11.8 Å². The number of benzene rings is 1. The van der Waals surface area contributed by atoms with Gasteiger partial charge >= 0.3 is 0 Å². The van der Waals surface area contributed by atoms with Crippen molar-refractivity contribution in [3.63, 3.8) is 0 Å². The lowest BCUT2D eigenvalue weighted by atomic mass is 10.1. The summed E-state index contributed by atoms with van der Waals surface area (Å²) >= 11 is 2.13. The van der Waals surface area contributed by atoms with Crippen molar-refractivity contribution in [2.24, 2.45) is 0 Å². The van der Waals surface area contributed by atoms with E-state index in [1.54, 1.807) is 12.1 Å². The Kier molecular flexibility index (Phi) is 5.39. The maximum Gasteiger partial charge on any atom is 0.115 e. The number of phenolic OH excluding ortho intramolecular Hbond substituents is 1. The van der Waals surface area contributed by atoms with Crippen LogP contribution >= 0.6 is 11.8 Å². The predicted molar refractivity (Wildman–Crippen MR) is 79.4 cm³/mol. The van der Waals surface area contributed by atoms with Gasteiger partial charge < -0.3 is 10.4 Å². The molecule has 0 spiro atoms. The Hall–Kier alpha value is -0.670. The Morgan fingerprint density at radius 2 is 1.94 bits per heavy atom. The first-order chi connectivity index (χ1) is 8.78. The molecule has 0 saturated heterocycles. The summed E-state index contributed by atoms with van der Waals surface area (Å²) in [6.45, 7) is 0. The molecule has 0 aromatic heterocycles. The van der Waals surface area contributed by atoms with E-state index >= 15 is 0 Å². The van der Waals surface area contributed by atoms with Crippen LogP contribution in [0.4, 0.5) is 0 Å². The fraction of sp³-hybridized carbons (Fsp3) is 0.600. The van der Waals surface area contributed by atoms with E-state index < -0.39 is 0 Å². The van der Waals surface area contributed by atoms with E-state index in [1.807, 2.05) is 19.2 Å². The smallest absolute Gasteiger partial charge is 0.115 e. The zero-order valence-corrected chi connectivity index (χ0v) is 11.9. The van der Waals surface area contributed by atoms with Crippen molar-refractivity contribution in [1.29, 1.82) is 0 Å². The maximum absolute atomic E-state index is 9.28. The molecule has 1 aromatic carbocycles. The molecule has 3 heteroatoms. The summed E-state index contributed by atoms with van der Waals surface area (Å²) < 4.78 is 0. The topological polar surface area (TPSA) is 32.3 Å².